The second kappa shape index (κ2) is 7.51. The predicted octanol–water partition coefficient (Wildman–Crippen LogP) is 4.05. The minimum atomic E-state index is -0.511. The Hall–Kier alpha value is -1.69. The second-order valence-electron chi connectivity index (χ2n) is 7.74. The van der Waals surface area contributed by atoms with Crippen molar-refractivity contribution in [3.63, 3.8) is 0 Å². The third-order valence-electron chi connectivity index (χ3n) is 5.46. The van der Waals surface area contributed by atoms with Crippen LogP contribution in [0.15, 0.2) is 22.7 Å². The Bertz CT molecular complexity index is 745. The van der Waals surface area contributed by atoms with Crippen molar-refractivity contribution in [2.24, 2.45) is 17.8 Å². The van der Waals surface area contributed by atoms with Crippen LogP contribution in [0.2, 0.25) is 0 Å². The van der Waals surface area contributed by atoms with Crippen LogP contribution in [-0.4, -0.2) is 35.3 Å². The lowest BCUT2D eigenvalue weighted by Crippen LogP contribution is -2.40. The van der Waals surface area contributed by atoms with Gasteiger partial charge in [-0.25, -0.2) is 0 Å². The highest BCUT2D eigenvalue weighted by atomic mass is 79.9. The SMILES string of the molecule is CC(C)[C@H]1CC[C@H](C)C[C@@H]1OC(=O)CN1C(=O)c2ccc(Br)cc2C1=O. The summed E-state index contributed by atoms with van der Waals surface area (Å²) in [7, 11) is 0. The van der Waals surface area contributed by atoms with Gasteiger partial charge in [0.1, 0.15) is 12.6 Å². The van der Waals surface area contributed by atoms with Crippen LogP contribution in [0.1, 0.15) is 60.7 Å². The van der Waals surface area contributed by atoms with Crippen molar-refractivity contribution >= 4 is 33.7 Å². The molecule has 2 aliphatic rings. The maximum absolute atomic E-state index is 12.5. The molecule has 140 valence electrons. The normalized spacial score (nSPS) is 25.6. The molecule has 0 radical (unpaired) electrons. The van der Waals surface area contributed by atoms with E-state index in [-0.39, 0.29) is 12.6 Å². The number of esters is 1. The van der Waals surface area contributed by atoms with Gasteiger partial charge in [-0.15, -0.1) is 0 Å². The monoisotopic (exact) mass is 421 g/mol. The van der Waals surface area contributed by atoms with Crippen LogP contribution >= 0.6 is 15.9 Å². The molecule has 2 amide bonds. The molecule has 0 bridgehead atoms. The van der Waals surface area contributed by atoms with Crippen LogP contribution in [0, 0.1) is 17.8 Å². The summed E-state index contributed by atoms with van der Waals surface area (Å²) in [6.07, 6.45) is 2.88. The summed E-state index contributed by atoms with van der Waals surface area (Å²) in [6, 6.07) is 4.92. The minimum Gasteiger partial charge on any atom is -0.461 e. The average molecular weight is 422 g/mol. The van der Waals surface area contributed by atoms with Crippen LogP contribution in [0.25, 0.3) is 0 Å². The molecule has 0 N–H and O–H groups in total. The molecule has 6 heteroatoms. The number of halogens is 1. The largest absolute Gasteiger partial charge is 0.461 e. The van der Waals surface area contributed by atoms with Crippen molar-refractivity contribution in [2.75, 3.05) is 6.54 Å². The van der Waals surface area contributed by atoms with E-state index < -0.39 is 17.8 Å². The fourth-order valence-corrected chi connectivity index (χ4v) is 4.35. The molecule has 0 saturated heterocycles. The van der Waals surface area contributed by atoms with E-state index in [1.54, 1.807) is 18.2 Å². The fraction of sp³-hybridized carbons (Fsp3) is 0.550. The lowest BCUT2D eigenvalue weighted by molar-refractivity contribution is -0.156. The van der Waals surface area contributed by atoms with Gasteiger partial charge < -0.3 is 4.74 Å². The van der Waals surface area contributed by atoms with Crippen LogP contribution in [-0.2, 0) is 9.53 Å². The summed E-state index contributed by atoms with van der Waals surface area (Å²) >= 11 is 3.30. The van der Waals surface area contributed by atoms with Gasteiger partial charge in [-0.05, 0) is 48.8 Å². The molecule has 0 unspecified atom stereocenters. The molecule has 1 fully saturated rings. The van der Waals surface area contributed by atoms with E-state index >= 15 is 0 Å². The van der Waals surface area contributed by atoms with Gasteiger partial charge in [0, 0.05) is 4.47 Å². The Morgan fingerprint density at radius 1 is 1.23 bits per heavy atom. The van der Waals surface area contributed by atoms with Crippen LogP contribution in [0.5, 0.6) is 0 Å². The minimum absolute atomic E-state index is 0.143. The molecule has 1 heterocycles. The number of imide groups is 1. The molecule has 3 rings (SSSR count). The van der Waals surface area contributed by atoms with Crippen molar-refractivity contribution in [2.45, 2.75) is 46.1 Å². The number of ether oxygens (including phenoxy) is 1. The molecular weight excluding hydrogens is 398 g/mol. The first-order valence-corrected chi connectivity index (χ1v) is 9.92. The van der Waals surface area contributed by atoms with Gasteiger partial charge in [0.2, 0.25) is 0 Å². The standard InChI is InChI=1S/C20H24BrNO4/c1-11(2)14-6-4-12(3)8-17(14)26-18(23)10-22-19(24)15-7-5-13(21)9-16(15)20(22)25/h5,7,9,11-12,14,17H,4,6,8,10H2,1-3H3/t12-,14+,17-/m0/s1. The van der Waals surface area contributed by atoms with Gasteiger partial charge in [-0.3, -0.25) is 19.3 Å². The van der Waals surface area contributed by atoms with E-state index in [0.717, 1.165) is 28.6 Å². The molecule has 0 aromatic heterocycles. The number of hydrogen-bond acceptors (Lipinski definition) is 4. The molecule has 1 saturated carbocycles. The maximum atomic E-state index is 12.5. The number of carbonyl (C=O) groups is 3. The molecular formula is C20H24BrNO4. The average Bonchev–Trinajstić information content (AvgIpc) is 2.79. The van der Waals surface area contributed by atoms with Gasteiger partial charge in [-0.2, -0.15) is 0 Å². The van der Waals surface area contributed by atoms with Crippen molar-refractivity contribution in [3.05, 3.63) is 33.8 Å². The Morgan fingerprint density at radius 3 is 2.62 bits per heavy atom. The molecule has 5 nitrogen and oxygen atoms in total. The number of carbonyl (C=O) groups excluding carboxylic acids is 3. The smallest absolute Gasteiger partial charge is 0.326 e. The predicted molar refractivity (Wildman–Crippen MR) is 101 cm³/mol. The van der Waals surface area contributed by atoms with E-state index in [2.05, 4.69) is 36.7 Å². The summed E-state index contributed by atoms with van der Waals surface area (Å²) in [5.74, 6) is -0.124. The number of hydrogen-bond donors (Lipinski definition) is 0. The fourth-order valence-electron chi connectivity index (χ4n) is 3.99. The first-order chi connectivity index (χ1) is 12.3. The Morgan fingerprint density at radius 2 is 1.92 bits per heavy atom. The summed E-state index contributed by atoms with van der Waals surface area (Å²) in [6.45, 7) is 6.12. The van der Waals surface area contributed by atoms with Crippen LogP contribution < -0.4 is 0 Å². The quantitative estimate of drug-likeness (QED) is 0.543. The molecule has 0 spiro atoms. The van der Waals surface area contributed by atoms with E-state index in [9.17, 15) is 14.4 Å². The molecule has 1 aliphatic heterocycles. The van der Waals surface area contributed by atoms with Gasteiger partial charge in [-0.1, -0.05) is 43.1 Å². The zero-order valence-electron chi connectivity index (χ0n) is 15.3. The van der Waals surface area contributed by atoms with Gasteiger partial charge in [0.05, 0.1) is 11.1 Å². The summed E-state index contributed by atoms with van der Waals surface area (Å²) in [4.78, 5) is 38.4. The molecule has 1 aromatic rings. The third-order valence-corrected chi connectivity index (χ3v) is 5.96. The first kappa shape index (κ1) is 19.1. The third kappa shape index (κ3) is 3.70. The second-order valence-corrected chi connectivity index (χ2v) is 8.66. The number of amides is 2. The number of benzene rings is 1. The lowest BCUT2D eigenvalue weighted by Gasteiger charge is -2.36. The topological polar surface area (TPSA) is 63.7 Å². The molecule has 1 aromatic carbocycles. The lowest BCUT2D eigenvalue weighted by atomic mass is 9.75. The molecule has 1 aliphatic carbocycles. The van der Waals surface area contributed by atoms with Crippen molar-refractivity contribution < 1.29 is 19.1 Å². The van der Waals surface area contributed by atoms with Gasteiger partial charge in [0.25, 0.3) is 11.8 Å². The summed E-state index contributed by atoms with van der Waals surface area (Å²) in [5, 5.41) is 0. The zero-order chi connectivity index (χ0) is 19.0. The number of nitrogens with zero attached hydrogens (tertiary/aromatic N) is 1. The van der Waals surface area contributed by atoms with Crippen LogP contribution in [0.4, 0.5) is 0 Å². The Labute approximate surface area is 162 Å². The highest BCUT2D eigenvalue weighted by Gasteiger charge is 2.39. The summed E-state index contributed by atoms with van der Waals surface area (Å²) in [5.41, 5.74) is 0.654. The van der Waals surface area contributed by atoms with Crippen molar-refractivity contribution in [3.8, 4) is 0 Å². The van der Waals surface area contributed by atoms with Gasteiger partial charge in [0.15, 0.2) is 0 Å². The highest BCUT2D eigenvalue weighted by Crippen LogP contribution is 2.35. The first-order valence-electron chi connectivity index (χ1n) is 9.13. The van der Waals surface area contributed by atoms with Crippen LogP contribution in [0.3, 0.4) is 0 Å². The maximum Gasteiger partial charge on any atom is 0.326 e. The highest BCUT2D eigenvalue weighted by molar-refractivity contribution is 9.10. The molecule has 26 heavy (non-hydrogen) atoms. The summed E-state index contributed by atoms with van der Waals surface area (Å²) < 4.78 is 6.44. The van der Waals surface area contributed by atoms with Gasteiger partial charge >= 0.3 is 5.97 Å². The van der Waals surface area contributed by atoms with E-state index in [4.69, 9.17) is 4.74 Å². The number of rotatable bonds is 4. The Kier molecular flexibility index (Phi) is 5.51. The Balaban J connectivity index is 1.68. The van der Waals surface area contributed by atoms with Crippen molar-refractivity contribution in [1.29, 1.82) is 0 Å². The van der Waals surface area contributed by atoms with Crippen molar-refractivity contribution in [1.82, 2.24) is 4.90 Å². The van der Waals surface area contributed by atoms with E-state index in [1.165, 1.54) is 0 Å². The zero-order valence-corrected chi connectivity index (χ0v) is 16.9. The molecule has 3 atom stereocenters. The number of fused-ring (bicyclic) bond motifs is 1. The van der Waals surface area contributed by atoms with E-state index in [0.29, 0.717) is 28.9 Å². The van der Waals surface area contributed by atoms with E-state index in [1.807, 2.05) is 0 Å².